The number of thiocarbonyl (C=S) groups is 1. The van der Waals surface area contributed by atoms with Gasteiger partial charge in [-0.1, -0.05) is 64.7 Å². The van der Waals surface area contributed by atoms with E-state index in [1.165, 1.54) is 57.8 Å². The second kappa shape index (κ2) is 14.7. The topological polar surface area (TPSA) is 42.5 Å². The molecule has 0 unspecified atom stereocenters. The predicted octanol–water partition coefficient (Wildman–Crippen LogP) is 5.91. The molecule has 5 heteroatoms. The number of anilines is 1. The standard InChI is InChI=1S/C21H36N2O2S/c1-4-5-6-7-8-9-10-11-12-13-16-22-21(26)23-19-15-14-18(24-2)17-20(19)25-3/h14-15,17H,4-13,16H2,1-3H3,(H2,22,23,26). The Bertz CT molecular complexity index is 509. The lowest BCUT2D eigenvalue weighted by Gasteiger charge is -2.14. The van der Waals surface area contributed by atoms with E-state index >= 15 is 0 Å². The number of hydrogen-bond acceptors (Lipinski definition) is 3. The summed E-state index contributed by atoms with van der Waals surface area (Å²) in [7, 11) is 3.28. The van der Waals surface area contributed by atoms with Gasteiger partial charge in [-0.2, -0.15) is 0 Å². The maximum Gasteiger partial charge on any atom is 0.170 e. The van der Waals surface area contributed by atoms with Crippen LogP contribution in [0.1, 0.15) is 71.1 Å². The van der Waals surface area contributed by atoms with Crippen LogP contribution < -0.4 is 20.1 Å². The van der Waals surface area contributed by atoms with E-state index in [0.717, 1.165) is 24.4 Å². The van der Waals surface area contributed by atoms with E-state index in [4.69, 9.17) is 21.7 Å². The average molecular weight is 381 g/mol. The summed E-state index contributed by atoms with van der Waals surface area (Å²) in [5, 5.41) is 7.09. The zero-order valence-electron chi connectivity index (χ0n) is 16.7. The first-order valence-electron chi connectivity index (χ1n) is 9.98. The minimum absolute atomic E-state index is 0.629. The average Bonchev–Trinajstić information content (AvgIpc) is 2.66. The normalized spacial score (nSPS) is 10.4. The molecule has 0 aliphatic carbocycles. The van der Waals surface area contributed by atoms with E-state index in [2.05, 4.69) is 17.6 Å². The van der Waals surface area contributed by atoms with Crippen molar-refractivity contribution in [1.82, 2.24) is 5.32 Å². The molecule has 0 saturated heterocycles. The Balaban J connectivity index is 2.09. The Hall–Kier alpha value is -1.49. The molecule has 1 rings (SSSR count). The molecule has 0 atom stereocenters. The summed E-state index contributed by atoms with van der Waals surface area (Å²) in [4.78, 5) is 0. The van der Waals surface area contributed by atoms with Crippen LogP contribution in [-0.2, 0) is 0 Å². The summed E-state index contributed by atoms with van der Waals surface area (Å²) in [6.07, 6.45) is 13.4. The summed E-state index contributed by atoms with van der Waals surface area (Å²) in [6, 6.07) is 5.63. The summed E-state index contributed by atoms with van der Waals surface area (Å²) in [6.45, 7) is 3.17. The van der Waals surface area contributed by atoms with Crippen molar-refractivity contribution in [3.05, 3.63) is 18.2 Å². The molecule has 2 N–H and O–H groups in total. The largest absolute Gasteiger partial charge is 0.497 e. The lowest BCUT2D eigenvalue weighted by molar-refractivity contribution is 0.395. The molecule has 0 aromatic heterocycles. The van der Waals surface area contributed by atoms with Gasteiger partial charge < -0.3 is 20.1 Å². The van der Waals surface area contributed by atoms with Crippen molar-refractivity contribution < 1.29 is 9.47 Å². The number of benzene rings is 1. The van der Waals surface area contributed by atoms with Crippen LogP contribution in [-0.4, -0.2) is 25.9 Å². The Labute approximate surface area is 165 Å². The van der Waals surface area contributed by atoms with Gasteiger partial charge in [0.15, 0.2) is 5.11 Å². The van der Waals surface area contributed by atoms with Crippen LogP contribution >= 0.6 is 12.2 Å². The van der Waals surface area contributed by atoms with Crippen LogP contribution in [0.5, 0.6) is 11.5 Å². The zero-order chi connectivity index (χ0) is 19.0. The molecule has 0 aliphatic heterocycles. The molecule has 26 heavy (non-hydrogen) atoms. The van der Waals surface area contributed by atoms with Crippen LogP contribution in [0, 0.1) is 0 Å². The first kappa shape index (κ1) is 22.6. The Morgan fingerprint density at radius 3 is 2.08 bits per heavy atom. The summed E-state index contributed by atoms with van der Waals surface area (Å²) in [5.74, 6) is 1.48. The molecule has 4 nitrogen and oxygen atoms in total. The first-order chi connectivity index (χ1) is 12.7. The fourth-order valence-electron chi connectivity index (χ4n) is 2.88. The molecule has 0 spiro atoms. The highest BCUT2D eigenvalue weighted by Gasteiger charge is 2.06. The number of rotatable bonds is 14. The molecule has 0 bridgehead atoms. The SMILES string of the molecule is CCCCCCCCCCCCNC(=S)Nc1ccc(OC)cc1OC. The minimum Gasteiger partial charge on any atom is -0.497 e. The predicted molar refractivity (Wildman–Crippen MR) is 116 cm³/mol. The summed E-state index contributed by atoms with van der Waals surface area (Å²) in [5.41, 5.74) is 0.842. The smallest absolute Gasteiger partial charge is 0.170 e. The summed E-state index contributed by atoms with van der Waals surface area (Å²) < 4.78 is 10.6. The number of nitrogens with one attached hydrogen (secondary N) is 2. The fourth-order valence-corrected chi connectivity index (χ4v) is 3.09. The van der Waals surface area contributed by atoms with Crippen molar-refractivity contribution in [2.45, 2.75) is 71.1 Å². The van der Waals surface area contributed by atoms with E-state index in [1.54, 1.807) is 14.2 Å². The second-order valence-electron chi connectivity index (χ2n) is 6.63. The molecular formula is C21H36N2O2S. The number of unbranched alkanes of at least 4 members (excludes halogenated alkanes) is 9. The molecule has 1 aromatic carbocycles. The molecule has 0 amide bonds. The van der Waals surface area contributed by atoms with E-state index in [0.29, 0.717) is 10.9 Å². The third-order valence-electron chi connectivity index (χ3n) is 4.47. The van der Waals surface area contributed by atoms with Gasteiger partial charge in [-0.15, -0.1) is 0 Å². The van der Waals surface area contributed by atoms with Gasteiger partial charge in [0.05, 0.1) is 19.9 Å². The minimum atomic E-state index is 0.629. The van der Waals surface area contributed by atoms with E-state index < -0.39 is 0 Å². The van der Waals surface area contributed by atoms with Gasteiger partial charge in [-0.25, -0.2) is 0 Å². The molecule has 0 fully saturated rings. The number of methoxy groups -OCH3 is 2. The van der Waals surface area contributed by atoms with E-state index in [-0.39, 0.29) is 0 Å². The van der Waals surface area contributed by atoms with E-state index in [9.17, 15) is 0 Å². The van der Waals surface area contributed by atoms with Crippen LogP contribution in [0.2, 0.25) is 0 Å². The molecule has 1 aromatic rings. The maximum absolute atomic E-state index is 5.37. The fraction of sp³-hybridized carbons (Fsp3) is 0.667. The van der Waals surface area contributed by atoms with Crippen LogP contribution in [0.4, 0.5) is 5.69 Å². The Kier molecular flexibility index (Phi) is 12.7. The molecule has 0 saturated carbocycles. The maximum atomic E-state index is 5.37. The van der Waals surface area contributed by atoms with E-state index in [1.807, 2.05) is 18.2 Å². The van der Waals surface area contributed by atoms with Gasteiger partial charge in [0.1, 0.15) is 11.5 Å². The van der Waals surface area contributed by atoms with Gasteiger partial charge in [-0.05, 0) is 30.8 Å². The van der Waals surface area contributed by atoms with Crippen LogP contribution in [0.3, 0.4) is 0 Å². The molecule has 148 valence electrons. The van der Waals surface area contributed by atoms with Gasteiger partial charge >= 0.3 is 0 Å². The monoisotopic (exact) mass is 380 g/mol. The van der Waals surface area contributed by atoms with Crippen molar-refractivity contribution in [2.24, 2.45) is 0 Å². The number of hydrogen-bond donors (Lipinski definition) is 2. The number of ether oxygens (including phenoxy) is 2. The molecule has 0 heterocycles. The third kappa shape index (κ3) is 9.85. The van der Waals surface area contributed by atoms with Crippen molar-refractivity contribution >= 4 is 23.0 Å². The van der Waals surface area contributed by atoms with Crippen molar-refractivity contribution in [1.29, 1.82) is 0 Å². The lowest BCUT2D eigenvalue weighted by Crippen LogP contribution is -2.29. The second-order valence-corrected chi connectivity index (χ2v) is 7.04. The van der Waals surface area contributed by atoms with Gasteiger partial charge in [-0.3, -0.25) is 0 Å². The highest BCUT2D eigenvalue weighted by molar-refractivity contribution is 7.80. The van der Waals surface area contributed by atoms with Gasteiger partial charge in [0.2, 0.25) is 0 Å². The quantitative estimate of drug-likeness (QED) is 0.310. The Morgan fingerprint density at radius 2 is 1.50 bits per heavy atom. The molecule has 0 radical (unpaired) electrons. The third-order valence-corrected chi connectivity index (χ3v) is 4.72. The zero-order valence-corrected chi connectivity index (χ0v) is 17.6. The first-order valence-corrected chi connectivity index (χ1v) is 10.4. The Morgan fingerprint density at radius 1 is 0.885 bits per heavy atom. The van der Waals surface area contributed by atoms with Gasteiger partial charge in [0, 0.05) is 12.6 Å². The molecular weight excluding hydrogens is 344 g/mol. The lowest BCUT2D eigenvalue weighted by atomic mass is 10.1. The van der Waals surface area contributed by atoms with Crippen molar-refractivity contribution in [2.75, 3.05) is 26.1 Å². The molecule has 0 aliphatic rings. The van der Waals surface area contributed by atoms with Crippen molar-refractivity contribution in [3.63, 3.8) is 0 Å². The van der Waals surface area contributed by atoms with Crippen LogP contribution in [0.25, 0.3) is 0 Å². The van der Waals surface area contributed by atoms with Crippen LogP contribution in [0.15, 0.2) is 18.2 Å². The van der Waals surface area contributed by atoms with Gasteiger partial charge in [0.25, 0.3) is 0 Å². The van der Waals surface area contributed by atoms with Crippen molar-refractivity contribution in [3.8, 4) is 11.5 Å². The highest BCUT2D eigenvalue weighted by Crippen LogP contribution is 2.28. The highest BCUT2D eigenvalue weighted by atomic mass is 32.1. The summed E-state index contributed by atoms with van der Waals surface area (Å²) >= 11 is 5.37.